The molecule has 3 rings (SSSR count). The van der Waals surface area contributed by atoms with E-state index in [9.17, 15) is 9.59 Å². The maximum atomic E-state index is 13.1. The summed E-state index contributed by atoms with van der Waals surface area (Å²) < 4.78 is 17.4. The third-order valence-corrected chi connectivity index (χ3v) is 4.32. The third kappa shape index (κ3) is 3.65. The molecule has 1 heterocycles. The number of para-hydroxylation sites is 1. The van der Waals surface area contributed by atoms with E-state index in [1.807, 2.05) is 19.1 Å². The maximum absolute atomic E-state index is 13.1. The number of benzene rings is 2. The Balaban J connectivity index is 1.96. The fraction of sp³-hybridized carbons (Fsp3) is 0.238. The highest BCUT2D eigenvalue weighted by Crippen LogP contribution is 2.25. The normalized spacial score (nSPS) is 11.8. The van der Waals surface area contributed by atoms with Crippen LogP contribution in [-0.2, 0) is 4.74 Å². The Morgan fingerprint density at radius 3 is 2.48 bits per heavy atom. The Morgan fingerprint density at radius 2 is 1.78 bits per heavy atom. The number of fused-ring (bicyclic) bond motifs is 1. The molecule has 1 aromatic heterocycles. The lowest BCUT2D eigenvalue weighted by Crippen LogP contribution is -2.31. The molecule has 27 heavy (non-hydrogen) atoms. The molecule has 1 atom stereocenters. The topological polar surface area (TPSA) is 66.8 Å². The molecule has 0 aliphatic rings. The number of methoxy groups -OCH3 is 2. The molecule has 0 aliphatic heterocycles. The molecule has 0 amide bonds. The van der Waals surface area contributed by atoms with Crippen molar-refractivity contribution < 1.29 is 23.8 Å². The predicted octanol–water partition coefficient (Wildman–Crippen LogP) is 3.93. The summed E-state index contributed by atoms with van der Waals surface area (Å²) in [6.45, 7) is 1.87. The van der Waals surface area contributed by atoms with Gasteiger partial charge in [0.2, 0.25) is 0 Å². The first-order valence-corrected chi connectivity index (χ1v) is 8.62. The fourth-order valence-electron chi connectivity index (χ4n) is 2.94. The molecule has 0 unspecified atom stereocenters. The summed E-state index contributed by atoms with van der Waals surface area (Å²) in [6, 6.07) is 14.3. The van der Waals surface area contributed by atoms with Gasteiger partial charge < -0.3 is 14.2 Å². The molecule has 0 saturated carbocycles. The first-order chi connectivity index (χ1) is 13.1. The monoisotopic (exact) mass is 367 g/mol. The maximum Gasteiger partial charge on any atom is 0.340 e. The van der Waals surface area contributed by atoms with E-state index in [1.54, 1.807) is 43.5 Å². The smallest absolute Gasteiger partial charge is 0.340 e. The van der Waals surface area contributed by atoms with Gasteiger partial charge in [0.25, 0.3) is 5.91 Å². The van der Waals surface area contributed by atoms with Crippen LogP contribution in [0.1, 0.15) is 28.5 Å². The molecule has 0 spiro atoms. The zero-order valence-corrected chi connectivity index (χ0v) is 15.5. The molecule has 6 nitrogen and oxygen atoms in total. The highest BCUT2D eigenvalue weighted by molar-refractivity contribution is 6.07. The van der Waals surface area contributed by atoms with Gasteiger partial charge in [-0.1, -0.05) is 31.2 Å². The zero-order valence-electron chi connectivity index (χ0n) is 15.5. The van der Waals surface area contributed by atoms with Gasteiger partial charge in [-0.3, -0.25) is 9.36 Å². The van der Waals surface area contributed by atoms with E-state index in [2.05, 4.69) is 0 Å². The summed E-state index contributed by atoms with van der Waals surface area (Å²) in [7, 11) is 2.89. The van der Waals surface area contributed by atoms with Gasteiger partial charge in [-0.25, -0.2) is 4.79 Å². The number of ether oxygens (including phenoxy) is 3. The number of esters is 1. The number of hydrogen-bond donors (Lipinski definition) is 0. The van der Waals surface area contributed by atoms with Crippen molar-refractivity contribution in [3.8, 4) is 11.5 Å². The highest BCUT2D eigenvalue weighted by Gasteiger charge is 2.25. The first kappa shape index (κ1) is 18.5. The molecule has 0 radical (unpaired) electrons. The van der Waals surface area contributed by atoms with Crippen molar-refractivity contribution in [2.24, 2.45) is 0 Å². The van der Waals surface area contributed by atoms with Crippen molar-refractivity contribution in [2.75, 3.05) is 14.2 Å². The SMILES string of the molecule is CC[C@H](Oc1cccc(OC)c1)C(=O)n1cc(C(=O)OC)c2ccccc21. The molecule has 0 N–H and O–H groups in total. The van der Waals surface area contributed by atoms with E-state index in [0.717, 1.165) is 0 Å². The second-order valence-electron chi connectivity index (χ2n) is 5.95. The minimum Gasteiger partial charge on any atom is -0.497 e. The number of nitrogens with zero attached hydrogens (tertiary/aromatic N) is 1. The van der Waals surface area contributed by atoms with E-state index in [4.69, 9.17) is 14.2 Å². The summed E-state index contributed by atoms with van der Waals surface area (Å²) in [4.78, 5) is 25.2. The van der Waals surface area contributed by atoms with Gasteiger partial charge in [0.15, 0.2) is 6.10 Å². The van der Waals surface area contributed by atoms with Crippen LogP contribution in [0.4, 0.5) is 0 Å². The van der Waals surface area contributed by atoms with Gasteiger partial charge in [-0.2, -0.15) is 0 Å². The predicted molar refractivity (Wildman–Crippen MR) is 102 cm³/mol. The lowest BCUT2D eigenvalue weighted by molar-refractivity contribution is 0.0602. The molecule has 6 heteroatoms. The summed E-state index contributed by atoms with van der Waals surface area (Å²) in [5.41, 5.74) is 0.980. The lowest BCUT2D eigenvalue weighted by atomic mass is 10.2. The van der Waals surface area contributed by atoms with Crippen LogP contribution in [0, 0.1) is 0 Å². The number of rotatable bonds is 6. The zero-order chi connectivity index (χ0) is 19.4. The second kappa shape index (κ2) is 7.95. The Hall–Kier alpha value is -3.28. The molecular weight excluding hydrogens is 346 g/mol. The molecule has 140 valence electrons. The third-order valence-electron chi connectivity index (χ3n) is 4.32. The first-order valence-electron chi connectivity index (χ1n) is 8.62. The van der Waals surface area contributed by atoms with Crippen LogP contribution in [0.2, 0.25) is 0 Å². The van der Waals surface area contributed by atoms with Crippen molar-refractivity contribution in [1.29, 1.82) is 0 Å². The van der Waals surface area contributed by atoms with Crippen LogP contribution >= 0.6 is 0 Å². The van der Waals surface area contributed by atoms with E-state index in [1.165, 1.54) is 17.9 Å². The number of carbonyl (C=O) groups excluding carboxylic acids is 2. The molecular formula is C21H21NO5. The minimum absolute atomic E-state index is 0.258. The van der Waals surface area contributed by atoms with Crippen LogP contribution in [0.25, 0.3) is 10.9 Å². The fourth-order valence-corrected chi connectivity index (χ4v) is 2.94. The summed E-state index contributed by atoms with van der Waals surface area (Å²) in [5.74, 6) is 0.444. The van der Waals surface area contributed by atoms with Crippen molar-refractivity contribution in [3.05, 3.63) is 60.3 Å². The Kier molecular flexibility index (Phi) is 5.45. The van der Waals surface area contributed by atoms with Gasteiger partial charge in [0, 0.05) is 17.6 Å². The van der Waals surface area contributed by atoms with Gasteiger partial charge in [0.1, 0.15) is 11.5 Å². The van der Waals surface area contributed by atoms with Crippen LogP contribution in [0.5, 0.6) is 11.5 Å². The summed E-state index contributed by atoms with van der Waals surface area (Å²) >= 11 is 0. The van der Waals surface area contributed by atoms with Crippen LogP contribution in [0.15, 0.2) is 54.7 Å². The van der Waals surface area contributed by atoms with Gasteiger partial charge in [0.05, 0.1) is 25.3 Å². The minimum atomic E-state index is -0.710. The van der Waals surface area contributed by atoms with Crippen molar-refractivity contribution in [3.63, 3.8) is 0 Å². The molecule has 0 bridgehead atoms. The van der Waals surface area contributed by atoms with Crippen molar-refractivity contribution >= 4 is 22.8 Å². The van der Waals surface area contributed by atoms with Crippen LogP contribution in [0.3, 0.4) is 0 Å². The van der Waals surface area contributed by atoms with E-state index < -0.39 is 12.1 Å². The van der Waals surface area contributed by atoms with Gasteiger partial charge in [-0.05, 0) is 24.6 Å². The van der Waals surface area contributed by atoms with E-state index in [0.29, 0.717) is 34.4 Å². The molecule has 2 aromatic carbocycles. The quantitative estimate of drug-likeness (QED) is 0.618. The highest BCUT2D eigenvalue weighted by atomic mass is 16.5. The van der Waals surface area contributed by atoms with Crippen LogP contribution in [-0.4, -0.2) is 36.8 Å². The lowest BCUT2D eigenvalue weighted by Gasteiger charge is -2.17. The van der Waals surface area contributed by atoms with Gasteiger partial charge in [-0.15, -0.1) is 0 Å². The average molecular weight is 367 g/mol. The number of carbonyl (C=O) groups is 2. The number of aromatic nitrogens is 1. The summed E-state index contributed by atoms with van der Waals surface area (Å²) in [5, 5.41) is 0.661. The molecule has 0 fully saturated rings. The van der Waals surface area contributed by atoms with Crippen LogP contribution < -0.4 is 9.47 Å². The standard InChI is InChI=1S/C21H21NO5/c1-4-19(27-15-9-7-8-14(12-15)25-2)20(23)22-13-17(21(24)26-3)16-10-5-6-11-18(16)22/h5-13,19H,4H2,1-3H3/t19-/m0/s1. The molecule has 0 aliphatic carbocycles. The molecule has 3 aromatic rings. The largest absolute Gasteiger partial charge is 0.497 e. The van der Waals surface area contributed by atoms with E-state index in [-0.39, 0.29) is 5.91 Å². The van der Waals surface area contributed by atoms with Crippen molar-refractivity contribution in [2.45, 2.75) is 19.4 Å². The Labute approximate surface area is 157 Å². The summed E-state index contributed by atoms with van der Waals surface area (Å²) in [6.07, 6.45) is 1.27. The second-order valence-corrected chi connectivity index (χ2v) is 5.95. The van der Waals surface area contributed by atoms with E-state index >= 15 is 0 Å². The molecule has 0 saturated heterocycles. The van der Waals surface area contributed by atoms with Gasteiger partial charge >= 0.3 is 5.97 Å². The Morgan fingerprint density at radius 1 is 1.04 bits per heavy atom. The number of hydrogen-bond acceptors (Lipinski definition) is 5. The average Bonchev–Trinajstić information content (AvgIpc) is 3.10. The van der Waals surface area contributed by atoms with Crippen molar-refractivity contribution in [1.82, 2.24) is 4.57 Å². The Bertz CT molecular complexity index is 976.